The Balaban J connectivity index is 1.87. The van der Waals surface area contributed by atoms with E-state index in [0.717, 1.165) is 36.8 Å². The van der Waals surface area contributed by atoms with E-state index in [1.807, 2.05) is 6.07 Å². The van der Waals surface area contributed by atoms with Crippen molar-refractivity contribution in [1.82, 2.24) is 9.88 Å². The van der Waals surface area contributed by atoms with Crippen LogP contribution in [0.5, 0.6) is 0 Å². The molecule has 2 rings (SSSR count). The number of halogens is 1. The van der Waals surface area contributed by atoms with Crippen LogP contribution in [-0.4, -0.2) is 34.7 Å². The second kappa shape index (κ2) is 5.62. The quantitative estimate of drug-likeness (QED) is 0.874. The normalized spacial score (nSPS) is 21.5. The van der Waals surface area contributed by atoms with Gasteiger partial charge in [0.15, 0.2) is 0 Å². The number of nitrogens with zero attached hydrogens (tertiary/aromatic N) is 2. The monoisotopic (exact) mass is 240 g/mol. The number of pyridine rings is 1. The highest BCUT2D eigenvalue weighted by Gasteiger charge is 2.21. The zero-order valence-corrected chi connectivity index (χ0v) is 10.0. The molecule has 0 amide bonds. The molecule has 16 heavy (non-hydrogen) atoms. The van der Waals surface area contributed by atoms with Crippen LogP contribution in [0.1, 0.15) is 18.5 Å². The minimum atomic E-state index is 0.300. The number of likely N-dealkylation sites (tertiary alicyclic amines) is 1. The molecule has 1 aliphatic heterocycles. The molecule has 0 aliphatic carbocycles. The van der Waals surface area contributed by atoms with Gasteiger partial charge in [-0.2, -0.15) is 0 Å². The summed E-state index contributed by atoms with van der Waals surface area (Å²) in [5.74, 6) is 0.643. The first-order valence-corrected chi connectivity index (χ1v) is 6.09. The Hall–Kier alpha value is -0.640. The molecule has 1 aliphatic rings. The van der Waals surface area contributed by atoms with E-state index in [1.165, 1.54) is 6.42 Å². The number of rotatable bonds is 4. The lowest BCUT2D eigenvalue weighted by Gasteiger charge is -2.15. The summed E-state index contributed by atoms with van der Waals surface area (Å²) >= 11 is 5.92. The number of hydrogen-bond donors (Lipinski definition) is 1. The third-order valence-corrected chi connectivity index (χ3v) is 3.31. The fourth-order valence-electron chi connectivity index (χ4n) is 2.24. The molecule has 2 heterocycles. The minimum absolute atomic E-state index is 0.300. The molecule has 0 radical (unpaired) electrons. The molecule has 4 heteroatoms. The zero-order chi connectivity index (χ0) is 11.4. The van der Waals surface area contributed by atoms with Crippen LogP contribution in [0.2, 0.25) is 5.02 Å². The van der Waals surface area contributed by atoms with Crippen molar-refractivity contribution in [3.63, 3.8) is 0 Å². The molecule has 0 saturated carbocycles. The van der Waals surface area contributed by atoms with Crippen LogP contribution in [0.3, 0.4) is 0 Å². The predicted molar refractivity (Wildman–Crippen MR) is 64.3 cm³/mol. The van der Waals surface area contributed by atoms with Crippen LogP contribution in [0.4, 0.5) is 0 Å². The van der Waals surface area contributed by atoms with Crippen molar-refractivity contribution in [3.05, 3.63) is 29.0 Å². The fourth-order valence-corrected chi connectivity index (χ4v) is 2.42. The second-order valence-corrected chi connectivity index (χ2v) is 4.80. The van der Waals surface area contributed by atoms with Crippen molar-refractivity contribution in [2.45, 2.75) is 19.4 Å². The standard InChI is InChI=1S/C12H17ClN2O/c13-11-1-4-14-12(7-11)9-15-5-2-10(8-15)3-6-16/h1,4,7,10,16H,2-3,5-6,8-9H2. The smallest absolute Gasteiger partial charge is 0.0558 e. The molecule has 1 fully saturated rings. The van der Waals surface area contributed by atoms with Crippen molar-refractivity contribution in [3.8, 4) is 0 Å². The van der Waals surface area contributed by atoms with Crippen molar-refractivity contribution >= 4 is 11.6 Å². The summed E-state index contributed by atoms with van der Waals surface area (Å²) in [6.45, 7) is 3.32. The summed E-state index contributed by atoms with van der Waals surface area (Å²) in [4.78, 5) is 6.67. The maximum absolute atomic E-state index is 8.89. The molecule has 0 spiro atoms. The summed E-state index contributed by atoms with van der Waals surface area (Å²) < 4.78 is 0. The van der Waals surface area contributed by atoms with E-state index in [0.29, 0.717) is 12.5 Å². The van der Waals surface area contributed by atoms with E-state index in [-0.39, 0.29) is 0 Å². The van der Waals surface area contributed by atoms with Gasteiger partial charge in [-0.05, 0) is 37.4 Å². The summed E-state index contributed by atoms with van der Waals surface area (Å²) in [6, 6.07) is 3.71. The van der Waals surface area contributed by atoms with Crippen molar-refractivity contribution in [2.75, 3.05) is 19.7 Å². The van der Waals surface area contributed by atoms with Gasteiger partial charge in [0.2, 0.25) is 0 Å². The molecule has 0 aromatic carbocycles. The minimum Gasteiger partial charge on any atom is -0.396 e. The van der Waals surface area contributed by atoms with Gasteiger partial charge in [-0.3, -0.25) is 9.88 Å². The molecule has 1 unspecified atom stereocenters. The van der Waals surface area contributed by atoms with Gasteiger partial charge in [-0.15, -0.1) is 0 Å². The second-order valence-electron chi connectivity index (χ2n) is 4.37. The molecule has 1 aromatic rings. The van der Waals surface area contributed by atoms with Gasteiger partial charge in [-0.1, -0.05) is 11.6 Å². The van der Waals surface area contributed by atoms with E-state index in [4.69, 9.17) is 16.7 Å². The van der Waals surface area contributed by atoms with Crippen LogP contribution in [0, 0.1) is 5.92 Å². The topological polar surface area (TPSA) is 36.4 Å². The molecule has 1 aromatic heterocycles. The summed E-state index contributed by atoms with van der Waals surface area (Å²) in [5.41, 5.74) is 1.03. The van der Waals surface area contributed by atoms with Crippen molar-refractivity contribution < 1.29 is 5.11 Å². The highest BCUT2D eigenvalue weighted by Crippen LogP contribution is 2.21. The Morgan fingerprint density at radius 3 is 3.19 bits per heavy atom. The Morgan fingerprint density at radius 2 is 2.44 bits per heavy atom. The van der Waals surface area contributed by atoms with Crippen LogP contribution in [0.15, 0.2) is 18.3 Å². The lowest BCUT2D eigenvalue weighted by molar-refractivity contribution is 0.249. The SMILES string of the molecule is OCCC1CCN(Cc2cc(Cl)ccn2)C1. The first-order chi connectivity index (χ1) is 7.78. The maximum Gasteiger partial charge on any atom is 0.0558 e. The average Bonchev–Trinajstić information content (AvgIpc) is 2.66. The fraction of sp³-hybridized carbons (Fsp3) is 0.583. The molecular weight excluding hydrogens is 224 g/mol. The number of aliphatic hydroxyl groups is 1. The first-order valence-electron chi connectivity index (χ1n) is 5.71. The zero-order valence-electron chi connectivity index (χ0n) is 9.27. The van der Waals surface area contributed by atoms with Crippen LogP contribution < -0.4 is 0 Å². The van der Waals surface area contributed by atoms with Gasteiger partial charge >= 0.3 is 0 Å². The highest BCUT2D eigenvalue weighted by molar-refractivity contribution is 6.30. The van der Waals surface area contributed by atoms with Gasteiger partial charge < -0.3 is 5.11 Å². The summed E-state index contributed by atoms with van der Waals surface area (Å²) in [7, 11) is 0. The first kappa shape index (κ1) is 11.8. The Kier molecular flexibility index (Phi) is 4.16. The van der Waals surface area contributed by atoms with E-state index >= 15 is 0 Å². The van der Waals surface area contributed by atoms with Crippen LogP contribution in [-0.2, 0) is 6.54 Å². The van der Waals surface area contributed by atoms with Crippen LogP contribution in [0.25, 0.3) is 0 Å². The molecule has 88 valence electrons. The highest BCUT2D eigenvalue weighted by atomic mass is 35.5. The van der Waals surface area contributed by atoms with Gasteiger partial charge in [0.25, 0.3) is 0 Å². The number of aliphatic hydroxyl groups excluding tert-OH is 1. The van der Waals surface area contributed by atoms with Gasteiger partial charge in [-0.25, -0.2) is 0 Å². The predicted octanol–water partition coefficient (Wildman–Crippen LogP) is 1.94. The van der Waals surface area contributed by atoms with Gasteiger partial charge in [0.1, 0.15) is 0 Å². The third kappa shape index (κ3) is 3.17. The van der Waals surface area contributed by atoms with Crippen molar-refractivity contribution in [2.24, 2.45) is 5.92 Å². The van der Waals surface area contributed by atoms with Gasteiger partial charge in [0, 0.05) is 30.9 Å². The lowest BCUT2D eigenvalue weighted by Crippen LogP contribution is -2.20. The Labute approximate surface area is 101 Å². The van der Waals surface area contributed by atoms with Gasteiger partial charge in [0.05, 0.1) is 5.69 Å². The summed E-state index contributed by atoms with van der Waals surface area (Å²) in [6.07, 6.45) is 3.85. The van der Waals surface area contributed by atoms with Crippen LogP contribution >= 0.6 is 11.6 Å². The number of aromatic nitrogens is 1. The van der Waals surface area contributed by atoms with E-state index < -0.39 is 0 Å². The summed E-state index contributed by atoms with van der Waals surface area (Å²) in [5, 5.41) is 9.64. The average molecular weight is 241 g/mol. The Morgan fingerprint density at radius 1 is 1.56 bits per heavy atom. The number of hydrogen-bond acceptors (Lipinski definition) is 3. The lowest BCUT2D eigenvalue weighted by atomic mass is 10.1. The molecule has 1 atom stereocenters. The molecule has 1 N–H and O–H groups in total. The molecule has 0 bridgehead atoms. The third-order valence-electron chi connectivity index (χ3n) is 3.07. The van der Waals surface area contributed by atoms with E-state index in [1.54, 1.807) is 12.3 Å². The molecule has 3 nitrogen and oxygen atoms in total. The van der Waals surface area contributed by atoms with E-state index in [2.05, 4.69) is 9.88 Å². The molecular formula is C12H17ClN2O. The Bertz CT molecular complexity index is 346. The maximum atomic E-state index is 8.89. The molecule has 1 saturated heterocycles. The largest absolute Gasteiger partial charge is 0.396 e. The van der Waals surface area contributed by atoms with E-state index in [9.17, 15) is 0 Å². The van der Waals surface area contributed by atoms with Crippen molar-refractivity contribution in [1.29, 1.82) is 0 Å².